The van der Waals surface area contributed by atoms with Crippen LogP contribution in [0.2, 0.25) is 5.15 Å². The number of hydrogen-bond donors (Lipinski definition) is 1. The van der Waals surface area contributed by atoms with Gasteiger partial charge in [-0.25, -0.2) is 14.4 Å². The molecule has 0 saturated carbocycles. The van der Waals surface area contributed by atoms with Crippen LogP contribution in [0.5, 0.6) is 0 Å². The van der Waals surface area contributed by atoms with E-state index in [1.165, 1.54) is 24.1 Å². The van der Waals surface area contributed by atoms with Crippen LogP contribution in [0.3, 0.4) is 0 Å². The number of nitrogens with zero attached hydrogens (tertiary/aromatic N) is 6. The smallest absolute Gasteiger partial charge is 0.249 e. The summed E-state index contributed by atoms with van der Waals surface area (Å²) in [4.78, 5) is 47.6. The normalized spacial score (nSPS) is 17.2. The van der Waals surface area contributed by atoms with Crippen LogP contribution >= 0.6 is 11.6 Å². The Hall–Kier alpha value is -4.25. The van der Waals surface area contributed by atoms with Crippen molar-refractivity contribution in [3.8, 4) is 11.1 Å². The number of rotatable bonds is 6. The first-order chi connectivity index (χ1) is 17.8. The Balaban J connectivity index is 1.41. The molecule has 37 heavy (non-hydrogen) atoms. The molecule has 4 heterocycles. The average molecular weight is 522 g/mol. The number of alkyl halides is 1. The SMILES string of the molecule is CC(=O)c1cn(CC(=O)N2C[C@H](F)C[C@H]2C(=O)Nc2nccc(Cl)n2)c2ccc(-c3ccnnc3)cc12. The summed E-state index contributed by atoms with van der Waals surface area (Å²) in [6.07, 6.45) is 4.68. The lowest BCUT2D eigenvalue weighted by Gasteiger charge is -2.23. The minimum absolute atomic E-state index is 0.0325. The molecule has 1 fully saturated rings. The number of carbonyl (C=O) groups is 3. The maximum absolute atomic E-state index is 14.4. The van der Waals surface area contributed by atoms with Crippen LogP contribution < -0.4 is 5.32 Å². The molecule has 0 aliphatic carbocycles. The molecule has 0 unspecified atom stereocenters. The van der Waals surface area contributed by atoms with Crippen LogP contribution in [-0.2, 0) is 16.1 Å². The van der Waals surface area contributed by atoms with Gasteiger partial charge in [-0.2, -0.15) is 10.2 Å². The fourth-order valence-corrected chi connectivity index (χ4v) is 4.62. The average Bonchev–Trinajstić information content (AvgIpc) is 3.45. The molecule has 1 aromatic carbocycles. The van der Waals surface area contributed by atoms with Crippen molar-refractivity contribution in [2.45, 2.75) is 32.1 Å². The lowest BCUT2D eigenvalue weighted by atomic mass is 10.0. The van der Waals surface area contributed by atoms with E-state index >= 15 is 0 Å². The van der Waals surface area contributed by atoms with Gasteiger partial charge in [0.25, 0.3) is 0 Å². The first kappa shape index (κ1) is 24.4. The second-order valence-corrected chi connectivity index (χ2v) is 9.06. The number of halogens is 2. The maximum Gasteiger partial charge on any atom is 0.249 e. The van der Waals surface area contributed by atoms with Gasteiger partial charge >= 0.3 is 0 Å². The van der Waals surface area contributed by atoms with Crippen LogP contribution in [0.1, 0.15) is 23.7 Å². The standard InChI is InChI=1S/C25H21ClFN7O3/c1-14(35)19-12-33(20-3-2-15(8-18(19)20)16-4-7-29-30-10-16)13-23(36)34-11-17(27)9-21(34)24(37)32-25-28-6-5-22(26)31-25/h2-8,10,12,17,21H,9,11,13H2,1H3,(H,28,31,32,37)/t17-,21+/m1/s1. The van der Waals surface area contributed by atoms with Gasteiger partial charge in [0, 0.05) is 40.8 Å². The Morgan fingerprint density at radius 3 is 2.70 bits per heavy atom. The van der Waals surface area contributed by atoms with E-state index in [0.717, 1.165) is 11.1 Å². The second-order valence-electron chi connectivity index (χ2n) is 8.68. The molecule has 1 aliphatic rings. The number of ketones is 1. The fraction of sp³-hybridized carbons (Fsp3) is 0.240. The van der Waals surface area contributed by atoms with Crippen molar-refractivity contribution in [1.82, 2.24) is 29.6 Å². The van der Waals surface area contributed by atoms with Crippen LogP contribution in [0.15, 0.2) is 55.1 Å². The highest BCUT2D eigenvalue weighted by Gasteiger charge is 2.40. The minimum atomic E-state index is -1.36. The Morgan fingerprint density at radius 1 is 1.14 bits per heavy atom. The topological polar surface area (TPSA) is 123 Å². The maximum atomic E-state index is 14.4. The molecule has 0 spiro atoms. The molecule has 12 heteroatoms. The lowest BCUT2D eigenvalue weighted by molar-refractivity contribution is -0.137. The van der Waals surface area contributed by atoms with E-state index < -0.39 is 24.0 Å². The van der Waals surface area contributed by atoms with Crippen molar-refractivity contribution in [1.29, 1.82) is 0 Å². The third-order valence-corrected chi connectivity index (χ3v) is 6.42. The van der Waals surface area contributed by atoms with Gasteiger partial charge in [0.1, 0.15) is 23.9 Å². The predicted molar refractivity (Wildman–Crippen MR) is 134 cm³/mol. The zero-order valence-corrected chi connectivity index (χ0v) is 20.4. The van der Waals surface area contributed by atoms with Gasteiger partial charge in [-0.15, -0.1) is 0 Å². The monoisotopic (exact) mass is 521 g/mol. The lowest BCUT2D eigenvalue weighted by Crippen LogP contribution is -2.44. The number of benzene rings is 1. The van der Waals surface area contributed by atoms with E-state index in [0.29, 0.717) is 16.5 Å². The number of nitrogens with one attached hydrogen (secondary N) is 1. The Kier molecular flexibility index (Phi) is 6.62. The number of amides is 2. The summed E-state index contributed by atoms with van der Waals surface area (Å²) in [5, 5.41) is 11.0. The number of Topliss-reactive ketones (excluding diaryl/α,β-unsaturated/α-hetero) is 1. The summed E-state index contributed by atoms with van der Waals surface area (Å²) in [6.45, 7) is 1.06. The van der Waals surface area contributed by atoms with Crippen LogP contribution in [0.25, 0.3) is 22.0 Å². The number of hydrogen-bond acceptors (Lipinski definition) is 7. The quantitative estimate of drug-likeness (QED) is 0.305. The van der Waals surface area contributed by atoms with Crippen molar-refractivity contribution in [3.05, 3.63) is 65.8 Å². The molecule has 0 bridgehead atoms. The summed E-state index contributed by atoms with van der Waals surface area (Å²) in [5.74, 6) is -1.25. The van der Waals surface area contributed by atoms with E-state index in [4.69, 9.17) is 11.6 Å². The van der Waals surface area contributed by atoms with Crippen molar-refractivity contribution in [3.63, 3.8) is 0 Å². The molecule has 188 valence electrons. The second kappa shape index (κ2) is 10.0. The molecule has 2 amide bonds. The van der Waals surface area contributed by atoms with Crippen molar-refractivity contribution in [2.24, 2.45) is 0 Å². The van der Waals surface area contributed by atoms with Gasteiger partial charge in [0.05, 0.1) is 18.9 Å². The van der Waals surface area contributed by atoms with E-state index in [-0.39, 0.29) is 36.4 Å². The Morgan fingerprint density at radius 2 is 1.97 bits per heavy atom. The van der Waals surface area contributed by atoms with Crippen LogP contribution in [0.4, 0.5) is 10.3 Å². The number of likely N-dealkylation sites (tertiary alicyclic amines) is 1. The first-order valence-electron chi connectivity index (χ1n) is 11.4. The largest absolute Gasteiger partial charge is 0.337 e. The number of carbonyl (C=O) groups excluding carboxylic acids is 3. The van der Waals surface area contributed by atoms with Gasteiger partial charge < -0.3 is 9.47 Å². The summed E-state index contributed by atoms with van der Waals surface area (Å²) in [5.41, 5.74) is 2.78. The Bertz CT molecular complexity index is 1510. The number of fused-ring (bicyclic) bond motifs is 1. The molecule has 1 N–H and O–H groups in total. The van der Waals surface area contributed by atoms with E-state index in [1.54, 1.807) is 23.2 Å². The summed E-state index contributed by atoms with van der Waals surface area (Å²) < 4.78 is 16.0. The molecule has 1 aliphatic heterocycles. The molecule has 10 nitrogen and oxygen atoms in total. The van der Waals surface area contributed by atoms with Crippen molar-refractivity contribution < 1.29 is 18.8 Å². The fourth-order valence-electron chi connectivity index (χ4n) is 4.49. The molecule has 0 radical (unpaired) electrons. The highest BCUT2D eigenvalue weighted by molar-refractivity contribution is 6.29. The molecular formula is C25H21ClFN7O3. The zero-order chi connectivity index (χ0) is 26.1. The van der Waals surface area contributed by atoms with Gasteiger partial charge in [-0.1, -0.05) is 17.7 Å². The van der Waals surface area contributed by atoms with Gasteiger partial charge in [0.15, 0.2) is 5.78 Å². The number of aromatic nitrogens is 5. The third-order valence-electron chi connectivity index (χ3n) is 6.21. The predicted octanol–water partition coefficient (Wildman–Crippen LogP) is 3.32. The van der Waals surface area contributed by atoms with Crippen molar-refractivity contribution in [2.75, 3.05) is 11.9 Å². The van der Waals surface area contributed by atoms with Crippen LogP contribution in [0, 0.1) is 0 Å². The third kappa shape index (κ3) is 5.03. The van der Waals surface area contributed by atoms with E-state index in [9.17, 15) is 18.8 Å². The van der Waals surface area contributed by atoms with Gasteiger partial charge in [-0.05, 0) is 36.8 Å². The minimum Gasteiger partial charge on any atom is -0.337 e. The highest BCUT2D eigenvalue weighted by Crippen LogP contribution is 2.29. The molecule has 4 aromatic rings. The van der Waals surface area contributed by atoms with E-state index in [1.807, 2.05) is 24.3 Å². The summed E-state index contributed by atoms with van der Waals surface area (Å²) >= 11 is 5.84. The highest BCUT2D eigenvalue weighted by atomic mass is 35.5. The number of anilines is 1. The summed E-state index contributed by atoms with van der Waals surface area (Å²) in [6, 6.07) is 7.76. The van der Waals surface area contributed by atoms with Crippen LogP contribution in [-0.4, -0.2) is 66.0 Å². The van der Waals surface area contributed by atoms with E-state index in [2.05, 4.69) is 25.5 Å². The van der Waals surface area contributed by atoms with Gasteiger partial charge in [0.2, 0.25) is 17.8 Å². The Labute approximate surface area is 215 Å². The molecular weight excluding hydrogens is 501 g/mol. The molecule has 2 atom stereocenters. The molecule has 1 saturated heterocycles. The zero-order valence-electron chi connectivity index (χ0n) is 19.6. The van der Waals surface area contributed by atoms with Gasteiger partial charge in [-0.3, -0.25) is 19.7 Å². The molecule has 3 aromatic heterocycles. The first-order valence-corrected chi connectivity index (χ1v) is 11.8. The van der Waals surface area contributed by atoms with Crippen molar-refractivity contribution >= 4 is 46.0 Å². The molecule has 5 rings (SSSR count). The summed E-state index contributed by atoms with van der Waals surface area (Å²) in [7, 11) is 0.